The Morgan fingerprint density at radius 1 is 1.00 bits per heavy atom. The lowest BCUT2D eigenvalue weighted by molar-refractivity contribution is -0.152. The summed E-state index contributed by atoms with van der Waals surface area (Å²) in [6.45, 7) is 4.18. The molecular weight excluding hydrogens is 685 g/mol. The van der Waals surface area contributed by atoms with E-state index in [9.17, 15) is 27.6 Å². The fourth-order valence-electron chi connectivity index (χ4n) is 8.40. The van der Waals surface area contributed by atoms with E-state index in [0.29, 0.717) is 25.3 Å². The minimum atomic E-state index is -3.87. The molecule has 0 spiro atoms. The summed E-state index contributed by atoms with van der Waals surface area (Å²) in [7, 11) is -3.87. The van der Waals surface area contributed by atoms with Crippen LogP contribution in [0.1, 0.15) is 95.5 Å². The number of benzene rings is 1. The van der Waals surface area contributed by atoms with Crippen molar-refractivity contribution in [1.82, 2.24) is 19.9 Å². The molecule has 3 heterocycles. The number of hydrogen-bond donors (Lipinski definition) is 2. The molecule has 12 nitrogen and oxygen atoms in total. The Kier molecular flexibility index (Phi) is 10.6. The van der Waals surface area contributed by atoms with Crippen LogP contribution in [0.2, 0.25) is 0 Å². The summed E-state index contributed by atoms with van der Waals surface area (Å²) >= 11 is 0. The van der Waals surface area contributed by atoms with Gasteiger partial charge in [-0.1, -0.05) is 50.3 Å². The molecule has 3 amide bonds. The Morgan fingerprint density at radius 3 is 2.52 bits per heavy atom. The van der Waals surface area contributed by atoms with Crippen LogP contribution in [-0.2, 0) is 40.4 Å². The Morgan fingerprint density at radius 2 is 1.77 bits per heavy atom. The molecule has 1 aromatic heterocycles. The highest BCUT2D eigenvalue weighted by molar-refractivity contribution is 7.91. The van der Waals surface area contributed by atoms with Crippen LogP contribution in [0.15, 0.2) is 43.1 Å². The number of aromatic nitrogens is 1. The van der Waals surface area contributed by atoms with Crippen molar-refractivity contribution in [2.75, 3.05) is 13.2 Å². The number of amides is 3. The van der Waals surface area contributed by atoms with Gasteiger partial charge in [-0.2, -0.15) is 0 Å². The van der Waals surface area contributed by atoms with Crippen molar-refractivity contribution in [3.8, 4) is 5.88 Å². The Hall–Kier alpha value is -4.00. The highest BCUT2D eigenvalue weighted by Gasteiger charge is 2.62. The van der Waals surface area contributed by atoms with E-state index in [1.807, 2.05) is 6.07 Å². The molecule has 7 rings (SSSR count). The van der Waals surface area contributed by atoms with Crippen LogP contribution in [0.5, 0.6) is 5.88 Å². The van der Waals surface area contributed by atoms with Crippen LogP contribution in [-0.4, -0.2) is 78.1 Å². The second-order valence-corrected chi connectivity index (χ2v) is 17.4. The first kappa shape index (κ1) is 36.4. The molecule has 3 saturated carbocycles. The minimum Gasteiger partial charge on any atom is -0.472 e. The van der Waals surface area contributed by atoms with Crippen LogP contribution in [0, 0.1) is 17.8 Å². The SMILES string of the molecule is C=C[C@@H]1C[C@]1(NC(=O)[C@@H]1C[C@@H]2CN1C(=O)[C@H](C1CCCCC1)CC(=O)OCCCCCCc1ccc3ccnc(c3c1)O2)C(=O)NS(=O)(=O)C1CC1. The number of carbonyl (C=O) groups is 4. The molecule has 4 bridgehead atoms. The monoisotopic (exact) mass is 734 g/mol. The number of hydrogen-bond acceptors (Lipinski definition) is 9. The number of nitrogens with one attached hydrogen (secondary N) is 2. The number of cyclic esters (lactones) is 1. The average molecular weight is 735 g/mol. The van der Waals surface area contributed by atoms with Gasteiger partial charge in [0.2, 0.25) is 27.7 Å². The predicted octanol–water partition coefficient (Wildman–Crippen LogP) is 4.50. The second-order valence-electron chi connectivity index (χ2n) is 15.4. The zero-order chi connectivity index (χ0) is 36.5. The summed E-state index contributed by atoms with van der Waals surface area (Å²) in [5.74, 6) is -2.88. The fraction of sp³-hybridized carbons (Fsp3) is 0.615. The highest BCUT2D eigenvalue weighted by atomic mass is 32.2. The van der Waals surface area contributed by atoms with Gasteiger partial charge in [0.25, 0.3) is 5.91 Å². The topological polar surface area (TPSA) is 161 Å². The van der Waals surface area contributed by atoms with Crippen molar-refractivity contribution in [1.29, 1.82) is 0 Å². The highest BCUT2D eigenvalue weighted by Crippen LogP contribution is 2.46. The van der Waals surface area contributed by atoms with Gasteiger partial charge in [0.1, 0.15) is 17.7 Å². The number of fused-ring (bicyclic) bond motifs is 3. The molecule has 280 valence electrons. The maximum Gasteiger partial charge on any atom is 0.306 e. The van der Waals surface area contributed by atoms with Crippen molar-refractivity contribution in [3.05, 3.63) is 48.7 Å². The van der Waals surface area contributed by atoms with Gasteiger partial charge in [0.05, 0.1) is 30.7 Å². The van der Waals surface area contributed by atoms with Gasteiger partial charge in [-0.05, 0) is 80.4 Å². The Balaban J connectivity index is 1.20. The molecule has 5 aliphatic rings. The molecule has 1 saturated heterocycles. The van der Waals surface area contributed by atoms with Crippen LogP contribution < -0.4 is 14.8 Å². The molecule has 1 aromatic carbocycles. The normalized spacial score (nSPS) is 29.3. The Bertz CT molecular complexity index is 1820. The summed E-state index contributed by atoms with van der Waals surface area (Å²) in [6.07, 6.45) is 12.9. The number of nitrogens with zero attached hydrogens (tertiary/aromatic N) is 2. The molecule has 3 aliphatic carbocycles. The fourth-order valence-corrected chi connectivity index (χ4v) is 9.77. The van der Waals surface area contributed by atoms with Gasteiger partial charge >= 0.3 is 5.97 Å². The number of esters is 1. The largest absolute Gasteiger partial charge is 0.472 e. The van der Waals surface area contributed by atoms with Gasteiger partial charge in [-0.3, -0.25) is 23.9 Å². The van der Waals surface area contributed by atoms with E-state index in [-0.39, 0.29) is 37.6 Å². The molecule has 2 N–H and O–H groups in total. The van der Waals surface area contributed by atoms with Crippen molar-refractivity contribution in [2.24, 2.45) is 17.8 Å². The third kappa shape index (κ3) is 7.84. The molecule has 4 fully saturated rings. The number of sulfonamides is 1. The number of carbonyl (C=O) groups excluding carboxylic acids is 4. The van der Waals surface area contributed by atoms with Crippen LogP contribution in [0.4, 0.5) is 0 Å². The van der Waals surface area contributed by atoms with Gasteiger partial charge in [-0.25, -0.2) is 13.4 Å². The smallest absolute Gasteiger partial charge is 0.306 e. The van der Waals surface area contributed by atoms with Crippen molar-refractivity contribution < 1.29 is 37.1 Å². The summed E-state index contributed by atoms with van der Waals surface area (Å²) < 4.78 is 39.9. The first-order valence-electron chi connectivity index (χ1n) is 19.1. The molecule has 52 heavy (non-hydrogen) atoms. The zero-order valence-electron chi connectivity index (χ0n) is 29.7. The van der Waals surface area contributed by atoms with E-state index in [2.05, 4.69) is 39.8 Å². The molecule has 0 unspecified atom stereocenters. The van der Waals surface area contributed by atoms with E-state index in [4.69, 9.17) is 9.47 Å². The quantitative estimate of drug-likeness (QED) is 0.308. The molecule has 13 heteroatoms. The summed E-state index contributed by atoms with van der Waals surface area (Å²) in [6, 6.07) is 7.14. The molecule has 2 aromatic rings. The van der Waals surface area contributed by atoms with Crippen molar-refractivity contribution in [3.63, 3.8) is 0 Å². The van der Waals surface area contributed by atoms with E-state index in [1.54, 1.807) is 6.20 Å². The maximum absolute atomic E-state index is 14.7. The minimum absolute atomic E-state index is 0.0388. The second kappa shape index (κ2) is 15.2. The summed E-state index contributed by atoms with van der Waals surface area (Å²) in [5.41, 5.74) is -0.349. The lowest BCUT2D eigenvalue weighted by Crippen LogP contribution is -2.57. The maximum atomic E-state index is 14.7. The first-order valence-corrected chi connectivity index (χ1v) is 20.6. The molecule has 0 radical (unpaired) electrons. The van der Waals surface area contributed by atoms with E-state index in [1.165, 1.54) is 11.0 Å². The first-order chi connectivity index (χ1) is 25.1. The predicted molar refractivity (Wildman–Crippen MR) is 193 cm³/mol. The van der Waals surface area contributed by atoms with E-state index in [0.717, 1.165) is 80.5 Å². The average Bonchev–Trinajstić information content (AvgIpc) is 4.07. The van der Waals surface area contributed by atoms with E-state index < -0.39 is 62.6 Å². The zero-order valence-corrected chi connectivity index (χ0v) is 30.5. The van der Waals surface area contributed by atoms with Gasteiger partial charge in [0.15, 0.2) is 0 Å². The summed E-state index contributed by atoms with van der Waals surface area (Å²) in [4.78, 5) is 61.9. The van der Waals surface area contributed by atoms with Gasteiger partial charge < -0.3 is 19.7 Å². The number of ether oxygens (including phenoxy) is 2. The molecule has 2 aliphatic heterocycles. The van der Waals surface area contributed by atoms with Crippen LogP contribution in [0.3, 0.4) is 0 Å². The van der Waals surface area contributed by atoms with Crippen molar-refractivity contribution in [2.45, 2.75) is 119 Å². The standard InChI is InChI=1S/C39H50N4O8S/c1-2-28-23-39(28,38(47)42-52(48,49)30-15-16-30)41-35(45)33-21-29-24-43(33)37(46)32(26-11-7-5-8-12-26)22-34(44)50-19-9-4-3-6-10-25-13-14-27-17-18-40-36(51-29)31(27)20-25/h2,13-14,17-18,20,26,28-30,32-33H,1,3-12,15-16,19,21-24H2,(H,41,45)(H,42,47)/t28-,29-,32+,33+,39-/m1/s1. The van der Waals surface area contributed by atoms with E-state index >= 15 is 0 Å². The number of pyridine rings is 1. The van der Waals surface area contributed by atoms with Crippen molar-refractivity contribution >= 4 is 44.5 Å². The van der Waals surface area contributed by atoms with Crippen LogP contribution in [0.25, 0.3) is 10.8 Å². The lowest BCUT2D eigenvalue weighted by atomic mass is 9.77. The Labute approximate surface area is 305 Å². The number of aryl methyl sites for hydroxylation is 1. The van der Waals surface area contributed by atoms with Gasteiger partial charge in [-0.15, -0.1) is 6.58 Å². The molecule has 5 atom stereocenters. The lowest BCUT2D eigenvalue weighted by Gasteiger charge is -2.34. The number of rotatable bonds is 7. The third-order valence-corrected chi connectivity index (χ3v) is 13.5. The third-order valence-electron chi connectivity index (χ3n) is 11.7. The van der Waals surface area contributed by atoms with Gasteiger partial charge in [0, 0.05) is 23.9 Å². The summed E-state index contributed by atoms with van der Waals surface area (Å²) in [5, 5.41) is 4.06. The van der Waals surface area contributed by atoms with Crippen LogP contribution >= 0.6 is 0 Å². The molecular formula is C39H50N4O8S.